The number of benzene rings is 1. The molecule has 1 aliphatic heterocycles. The molecule has 2 rings (SSSR count). The molecule has 2 unspecified atom stereocenters. The first kappa shape index (κ1) is 11.9. The van der Waals surface area contributed by atoms with Crippen LogP contribution < -0.4 is 10.4 Å². The molecule has 2 atom stereocenters. The highest BCUT2D eigenvalue weighted by molar-refractivity contribution is 5.63. The Morgan fingerprint density at radius 2 is 2.12 bits per heavy atom. The van der Waals surface area contributed by atoms with Crippen LogP contribution in [-0.4, -0.2) is 41.3 Å². The molecule has 1 fully saturated rings. The van der Waals surface area contributed by atoms with E-state index in [1.54, 1.807) is 0 Å². The minimum atomic E-state index is -1.23. The topological polar surface area (TPSA) is 75.6 Å². The first-order valence-electron chi connectivity index (χ1n) is 5.58. The number of hydrogen-bond acceptors (Lipinski definition) is 4. The van der Waals surface area contributed by atoms with E-state index in [-0.39, 0.29) is 19.1 Å². The Bertz CT molecular complexity index is 383. The van der Waals surface area contributed by atoms with Gasteiger partial charge in [-0.2, -0.15) is 0 Å². The Kier molecular flexibility index (Phi) is 3.61. The normalized spacial score (nSPS) is 23.9. The minimum Gasteiger partial charge on any atom is -0.530 e. The summed E-state index contributed by atoms with van der Waals surface area (Å²) in [6.45, 7) is 1.01. The average Bonchev–Trinajstić information content (AvgIpc) is 2.70. The molecule has 1 saturated heterocycles. The summed E-state index contributed by atoms with van der Waals surface area (Å²) < 4.78 is 0. The zero-order chi connectivity index (χ0) is 12.3. The molecule has 2 N–H and O–H groups in total. The summed E-state index contributed by atoms with van der Waals surface area (Å²) in [4.78, 5) is 11.8. The van der Waals surface area contributed by atoms with E-state index in [1.165, 1.54) is 0 Å². The van der Waals surface area contributed by atoms with E-state index in [0.29, 0.717) is 6.54 Å². The van der Waals surface area contributed by atoms with Crippen molar-refractivity contribution in [2.24, 2.45) is 0 Å². The second-order valence-corrected chi connectivity index (χ2v) is 4.21. The fraction of sp³-hybridized carbons (Fsp3) is 0.417. The molecule has 1 aromatic rings. The molecular weight excluding hydrogens is 220 g/mol. The van der Waals surface area contributed by atoms with E-state index in [9.17, 15) is 15.0 Å². The molecule has 0 aromatic heterocycles. The van der Waals surface area contributed by atoms with Gasteiger partial charge in [-0.3, -0.25) is 0 Å². The number of carbonyl (C=O) groups excluding carboxylic acids is 1. The van der Waals surface area contributed by atoms with Crippen LogP contribution in [-0.2, 0) is 6.54 Å². The fourth-order valence-electron chi connectivity index (χ4n) is 1.98. The van der Waals surface area contributed by atoms with Crippen LogP contribution in [0.15, 0.2) is 30.3 Å². The molecule has 1 aliphatic rings. The fourth-order valence-corrected chi connectivity index (χ4v) is 1.98. The van der Waals surface area contributed by atoms with Gasteiger partial charge in [-0.25, -0.2) is 0 Å². The van der Waals surface area contributed by atoms with Crippen molar-refractivity contribution in [1.82, 2.24) is 10.2 Å². The predicted octanol–water partition coefficient (Wildman–Crippen LogP) is -0.835. The molecule has 1 amide bonds. The lowest BCUT2D eigenvalue weighted by molar-refractivity contribution is -0.264. The summed E-state index contributed by atoms with van der Waals surface area (Å²) in [5, 5.41) is 23.5. The summed E-state index contributed by atoms with van der Waals surface area (Å²) >= 11 is 0. The minimum absolute atomic E-state index is 0.120. The van der Waals surface area contributed by atoms with Crippen molar-refractivity contribution in [3.8, 4) is 0 Å². The molecule has 92 valence electrons. The molecular formula is C12H15N2O3-. The Morgan fingerprint density at radius 1 is 1.41 bits per heavy atom. The quantitative estimate of drug-likeness (QED) is 0.716. The maximum Gasteiger partial charge on any atom is 0.137 e. The third-order valence-corrected chi connectivity index (χ3v) is 2.96. The van der Waals surface area contributed by atoms with E-state index >= 15 is 0 Å². The van der Waals surface area contributed by atoms with Gasteiger partial charge in [0, 0.05) is 19.6 Å². The number of aliphatic hydroxyl groups excluding tert-OH is 1. The van der Waals surface area contributed by atoms with Gasteiger partial charge < -0.3 is 25.2 Å². The summed E-state index contributed by atoms with van der Waals surface area (Å²) in [5.41, 5.74) is 1.10. The lowest BCUT2D eigenvalue weighted by Gasteiger charge is -2.18. The molecule has 0 bridgehead atoms. The number of aliphatic hydroxyl groups is 1. The molecule has 1 heterocycles. The van der Waals surface area contributed by atoms with Gasteiger partial charge in [-0.05, 0) is 5.56 Å². The van der Waals surface area contributed by atoms with Crippen molar-refractivity contribution < 1.29 is 15.0 Å². The van der Waals surface area contributed by atoms with Crippen LogP contribution in [0.25, 0.3) is 0 Å². The van der Waals surface area contributed by atoms with E-state index in [0.717, 1.165) is 10.5 Å². The third kappa shape index (κ3) is 2.95. The van der Waals surface area contributed by atoms with Gasteiger partial charge in [-0.1, -0.05) is 30.3 Å². The summed E-state index contributed by atoms with van der Waals surface area (Å²) in [7, 11) is 0. The maximum atomic E-state index is 10.6. The number of nitrogens with one attached hydrogen (secondary N) is 1. The molecule has 0 aliphatic carbocycles. The van der Waals surface area contributed by atoms with E-state index in [2.05, 4.69) is 5.32 Å². The standard InChI is InChI=1S/C12H16N2O3/c15-11-8-14(12(16)17)7-10(11)13-6-9-4-2-1-3-5-9/h1-5,10-11,13,15H,6-8H2,(H,16,17)/p-1. The van der Waals surface area contributed by atoms with Crippen LogP contribution in [0, 0.1) is 0 Å². The predicted molar refractivity (Wildman–Crippen MR) is 60.0 cm³/mol. The first-order chi connectivity index (χ1) is 8.16. The second kappa shape index (κ2) is 5.16. The van der Waals surface area contributed by atoms with Crippen molar-refractivity contribution in [3.05, 3.63) is 35.9 Å². The van der Waals surface area contributed by atoms with Gasteiger partial charge in [0.05, 0.1) is 12.1 Å². The van der Waals surface area contributed by atoms with Gasteiger partial charge in [0.25, 0.3) is 0 Å². The molecule has 0 saturated carbocycles. The van der Waals surface area contributed by atoms with Gasteiger partial charge >= 0.3 is 0 Å². The SMILES string of the molecule is O=C([O-])N1CC(O)C(NCc2ccccc2)C1. The molecule has 0 spiro atoms. The number of rotatable bonds is 3. The van der Waals surface area contributed by atoms with E-state index in [4.69, 9.17) is 0 Å². The molecule has 17 heavy (non-hydrogen) atoms. The van der Waals surface area contributed by atoms with Crippen LogP contribution in [0.4, 0.5) is 4.79 Å². The van der Waals surface area contributed by atoms with E-state index in [1.807, 2.05) is 30.3 Å². The highest BCUT2D eigenvalue weighted by Gasteiger charge is 2.30. The molecule has 5 nitrogen and oxygen atoms in total. The highest BCUT2D eigenvalue weighted by atomic mass is 16.4. The number of nitrogens with zero attached hydrogens (tertiary/aromatic N) is 1. The smallest absolute Gasteiger partial charge is 0.137 e. The lowest BCUT2D eigenvalue weighted by Crippen LogP contribution is -2.42. The largest absolute Gasteiger partial charge is 0.530 e. The molecule has 1 aromatic carbocycles. The van der Waals surface area contributed by atoms with Crippen LogP contribution in [0.1, 0.15) is 5.56 Å². The van der Waals surface area contributed by atoms with Gasteiger partial charge in [0.1, 0.15) is 6.09 Å². The average molecular weight is 235 g/mol. The third-order valence-electron chi connectivity index (χ3n) is 2.96. The summed E-state index contributed by atoms with van der Waals surface area (Å²) in [5.74, 6) is 0. The summed E-state index contributed by atoms with van der Waals surface area (Å²) in [6.07, 6.45) is -1.90. The van der Waals surface area contributed by atoms with E-state index < -0.39 is 12.2 Å². The van der Waals surface area contributed by atoms with Crippen LogP contribution in [0.2, 0.25) is 0 Å². The van der Waals surface area contributed by atoms with Crippen LogP contribution in [0.5, 0.6) is 0 Å². The zero-order valence-corrected chi connectivity index (χ0v) is 9.37. The maximum absolute atomic E-state index is 10.6. The number of β-amino-alcohol motifs (C(OH)–C–C–N with tert-alkyl or cyclic N) is 1. The van der Waals surface area contributed by atoms with Gasteiger partial charge in [0.2, 0.25) is 0 Å². The van der Waals surface area contributed by atoms with Crippen molar-refractivity contribution >= 4 is 6.09 Å². The zero-order valence-electron chi connectivity index (χ0n) is 9.37. The van der Waals surface area contributed by atoms with Crippen molar-refractivity contribution in [1.29, 1.82) is 0 Å². The van der Waals surface area contributed by atoms with Gasteiger partial charge in [-0.15, -0.1) is 0 Å². The van der Waals surface area contributed by atoms with Crippen molar-refractivity contribution in [2.75, 3.05) is 13.1 Å². The monoisotopic (exact) mass is 235 g/mol. The number of carbonyl (C=O) groups is 1. The van der Waals surface area contributed by atoms with Gasteiger partial charge in [0.15, 0.2) is 0 Å². The Morgan fingerprint density at radius 3 is 2.71 bits per heavy atom. The number of hydrogen-bond donors (Lipinski definition) is 2. The highest BCUT2D eigenvalue weighted by Crippen LogP contribution is 2.10. The second-order valence-electron chi connectivity index (χ2n) is 4.21. The van der Waals surface area contributed by atoms with Crippen LogP contribution in [0.3, 0.4) is 0 Å². The Hall–Kier alpha value is -1.59. The molecule has 0 radical (unpaired) electrons. The molecule has 5 heteroatoms. The van der Waals surface area contributed by atoms with Crippen molar-refractivity contribution in [3.63, 3.8) is 0 Å². The van der Waals surface area contributed by atoms with Crippen molar-refractivity contribution in [2.45, 2.75) is 18.7 Å². The van der Waals surface area contributed by atoms with Crippen LogP contribution >= 0.6 is 0 Å². The first-order valence-corrected chi connectivity index (χ1v) is 5.58. The Balaban J connectivity index is 1.86. The number of likely N-dealkylation sites (tertiary alicyclic amines) is 1. The summed E-state index contributed by atoms with van der Waals surface area (Å²) in [6, 6.07) is 9.54. The Labute approximate surface area is 99.7 Å². The number of amides is 1. The number of carboxylic acid groups (broad SMARTS) is 1. The lowest BCUT2D eigenvalue weighted by atomic mass is 10.2.